The third kappa shape index (κ3) is 4.28. The molecule has 0 aliphatic carbocycles. The first-order valence-corrected chi connectivity index (χ1v) is 4.92. The highest BCUT2D eigenvalue weighted by Gasteiger charge is 2.27. The van der Waals surface area contributed by atoms with Gasteiger partial charge >= 0.3 is 0 Å². The molecule has 0 aliphatic rings. The Kier molecular flexibility index (Phi) is 4.41. The van der Waals surface area contributed by atoms with Crippen molar-refractivity contribution < 1.29 is 4.79 Å². The van der Waals surface area contributed by atoms with Crippen LogP contribution in [0, 0.1) is 17.2 Å². The van der Waals surface area contributed by atoms with Gasteiger partial charge in [0.05, 0.1) is 16.3 Å². The number of hydrogen-bond donors (Lipinski definition) is 0. The molecule has 0 radical (unpaired) electrons. The summed E-state index contributed by atoms with van der Waals surface area (Å²) in [6.45, 7) is 5.86. The molecule has 1 atom stereocenters. The first kappa shape index (κ1) is 12.4. The molecule has 0 aromatic rings. The van der Waals surface area contributed by atoms with Gasteiger partial charge in [0.25, 0.3) is 0 Å². The van der Waals surface area contributed by atoms with Gasteiger partial charge < -0.3 is 4.90 Å². The lowest BCUT2D eigenvalue weighted by Gasteiger charge is -2.25. The molecule has 0 fully saturated rings. The van der Waals surface area contributed by atoms with Gasteiger partial charge in [-0.1, -0.05) is 15.9 Å². The largest absolute Gasteiger partial charge is 0.343 e. The Hall–Kier alpha value is -0.560. The number of nitriles is 1. The minimum absolute atomic E-state index is 0.00500. The van der Waals surface area contributed by atoms with Gasteiger partial charge in [0, 0.05) is 13.6 Å². The zero-order valence-electron chi connectivity index (χ0n) is 8.47. The summed E-state index contributed by atoms with van der Waals surface area (Å²) in [5.74, 6) is -0.126. The molecule has 1 unspecified atom stereocenters. The normalized spacial score (nSPS) is 13.2. The van der Waals surface area contributed by atoms with E-state index in [0.29, 0.717) is 6.54 Å². The van der Waals surface area contributed by atoms with Crippen LogP contribution in [0.4, 0.5) is 0 Å². The third-order valence-corrected chi connectivity index (χ3v) is 1.96. The van der Waals surface area contributed by atoms with Crippen molar-refractivity contribution in [1.29, 1.82) is 5.26 Å². The Bertz CT molecular complexity index is 227. The van der Waals surface area contributed by atoms with E-state index in [1.165, 1.54) is 0 Å². The van der Waals surface area contributed by atoms with E-state index in [1.54, 1.807) is 32.7 Å². The average molecular weight is 247 g/mol. The second-order valence-corrected chi connectivity index (χ2v) is 5.67. The highest BCUT2D eigenvalue weighted by molar-refractivity contribution is 9.10. The summed E-state index contributed by atoms with van der Waals surface area (Å²) in [7, 11) is 1.71. The molecule has 0 aromatic carbocycles. The lowest BCUT2D eigenvalue weighted by Crippen LogP contribution is -2.40. The molecule has 1 amide bonds. The van der Waals surface area contributed by atoms with Gasteiger partial charge in [-0.2, -0.15) is 5.26 Å². The molecule has 0 N–H and O–H groups in total. The molecule has 13 heavy (non-hydrogen) atoms. The van der Waals surface area contributed by atoms with Gasteiger partial charge in [0.1, 0.15) is 0 Å². The van der Waals surface area contributed by atoms with Crippen LogP contribution in [0.5, 0.6) is 0 Å². The number of amides is 1. The zero-order chi connectivity index (χ0) is 10.6. The van der Waals surface area contributed by atoms with E-state index in [2.05, 4.69) is 22.0 Å². The van der Waals surface area contributed by atoms with Crippen molar-refractivity contribution in [2.24, 2.45) is 5.92 Å². The van der Waals surface area contributed by atoms with E-state index in [0.717, 1.165) is 0 Å². The van der Waals surface area contributed by atoms with Gasteiger partial charge in [0.2, 0.25) is 5.91 Å². The summed E-state index contributed by atoms with van der Waals surface area (Å²) in [5.41, 5.74) is 0. The van der Waals surface area contributed by atoms with Crippen LogP contribution in [0.3, 0.4) is 0 Å². The van der Waals surface area contributed by atoms with Crippen LogP contribution in [0.2, 0.25) is 0 Å². The molecule has 0 aliphatic heterocycles. The van der Waals surface area contributed by atoms with Crippen molar-refractivity contribution in [3.05, 3.63) is 0 Å². The van der Waals surface area contributed by atoms with Crippen molar-refractivity contribution in [3.63, 3.8) is 0 Å². The van der Waals surface area contributed by atoms with Crippen molar-refractivity contribution in [2.45, 2.75) is 25.1 Å². The Morgan fingerprint density at radius 1 is 1.69 bits per heavy atom. The Morgan fingerprint density at radius 2 is 2.15 bits per heavy atom. The minimum atomic E-state index is -0.545. The molecule has 0 heterocycles. The van der Waals surface area contributed by atoms with Crippen LogP contribution < -0.4 is 0 Å². The number of hydrogen-bond acceptors (Lipinski definition) is 2. The lowest BCUT2D eigenvalue weighted by molar-refractivity contribution is -0.131. The highest BCUT2D eigenvalue weighted by Crippen LogP contribution is 2.18. The van der Waals surface area contributed by atoms with Crippen LogP contribution in [0.1, 0.15) is 20.8 Å². The number of rotatable bonds is 3. The number of carbonyl (C=O) groups excluding carboxylic acids is 1. The van der Waals surface area contributed by atoms with Crippen LogP contribution in [-0.2, 0) is 4.79 Å². The second kappa shape index (κ2) is 4.61. The Labute approximate surface area is 87.8 Å². The summed E-state index contributed by atoms with van der Waals surface area (Å²) in [6.07, 6.45) is 0. The second-order valence-electron chi connectivity index (χ2n) is 3.69. The van der Waals surface area contributed by atoms with E-state index >= 15 is 0 Å². The summed E-state index contributed by atoms with van der Waals surface area (Å²) >= 11 is 3.28. The first-order valence-electron chi connectivity index (χ1n) is 4.13. The number of alkyl halides is 1. The van der Waals surface area contributed by atoms with Crippen molar-refractivity contribution >= 4 is 21.8 Å². The molecule has 0 bridgehead atoms. The molecule has 0 saturated carbocycles. The van der Waals surface area contributed by atoms with Crippen molar-refractivity contribution in [3.8, 4) is 6.07 Å². The first-order chi connectivity index (χ1) is 5.79. The van der Waals surface area contributed by atoms with E-state index < -0.39 is 4.32 Å². The lowest BCUT2D eigenvalue weighted by atomic mass is 10.1. The topological polar surface area (TPSA) is 44.1 Å². The molecule has 0 spiro atoms. The summed E-state index contributed by atoms with van der Waals surface area (Å²) in [5, 5.41) is 8.57. The Balaban J connectivity index is 4.22. The molecule has 74 valence electrons. The number of nitrogens with zero attached hydrogens (tertiary/aromatic N) is 2. The fourth-order valence-corrected chi connectivity index (χ4v) is 1.29. The summed E-state index contributed by atoms with van der Waals surface area (Å²) < 4.78 is -0.545. The monoisotopic (exact) mass is 246 g/mol. The smallest absolute Gasteiger partial charge is 0.238 e. The number of carbonyl (C=O) groups is 1. The van der Waals surface area contributed by atoms with Gasteiger partial charge in [0.15, 0.2) is 0 Å². The van der Waals surface area contributed by atoms with Crippen LogP contribution in [0.25, 0.3) is 0 Å². The fraction of sp³-hybridized carbons (Fsp3) is 0.778. The SMILES string of the molecule is CC(C#N)CN(C)C(=O)C(C)(C)Br. The average Bonchev–Trinajstić information content (AvgIpc) is 2.01. The summed E-state index contributed by atoms with van der Waals surface area (Å²) in [4.78, 5) is 13.2. The maximum Gasteiger partial charge on any atom is 0.238 e. The van der Waals surface area contributed by atoms with Gasteiger partial charge in [-0.15, -0.1) is 0 Å². The summed E-state index contributed by atoms with van der Waals surface area (Å²) in [6, 6.07) is 2.09. The minimum Gasteiger partial charge on any atom is -0.343 e. The quantitative estimate of drug-likeness (QED) is 0.713. The predicted molar refractivity (Wildman–Crippen MR) is 55.4 cm³/mol. The van der Waals surface area contributed by atoms with E-state index in [4.69, 9.17) is 5.26 Å². The molecular weight excluding hydrogens is 232 g/mol. The Morgan fingerprint density at radius 3 is 2.46 bits per heavy atom. The zero-order valence-corrected chi connectivity index (χ0v) is 10.1. The van der Waals surface area contributed by atoms with Crippen LogP contribution in [-0.4, -0.2) is 28.7 Å². The van der Waals surface area contributed by atoms with Gasteiger partial charge in [-0.3, -0.25) is 4.79 Å². The van der Waals surface area contributed by atoms with Gasteiger partial charge in [-0.05, 0) is 20.8 Å². The van der Waals surface area contributed by atoms with Crippen LogP contribution >= 0.6 is 15.9 Å². The molecule has 0 saturated heterocycles. The van der Waals surface area contributed by atoms with E-state index in [9.17, 15) is 4.79 Å². The van der Waals surface area contributed by atoms with Crippen LogP contribution in [0.15, 0.2) is 0 Å². The van der Waals surface area contributed by atoms with Crippen molar-refractivity contribution in [2.75, 3.05) is 13.6 Å². The maximum absolute atomic E-state index is 11.6. The van der Waals surface area contributed by atoms with E-state index in [-0.39, 0.29) is 11.8 Å². The van der Waals surface area contributed by atoms with E-state index in [1.807, 2.05) is 0 Å². The molecule has 0 rings (SSSR count). The third-order valence-electron chi connectivity index (χ3n) is 1.62. The molecule has 4 heteroatoms. The predicted octanol–water partition coefficient (Wildman–Crippen LogP) is 1.78. The highest BCUT2D eigenvalue weighted by atomic mass is 79.9. The standard InChI is InChI=1S/C9H15BrN2O/c1-7(5-11)6-12(4)8(13)9(2,3)10/h7H,6H2,1-4H3. The molecular formula is C9H15BrN2O. The van der Waals surface area contributed by atoms with Crippen molar-refractivity contribution in [1.82, 2.24) is 4.90 Å². The number of halogens is 1. The van der Waals surface area contributed by atoms with Gasteiger partial charge in [-0.25, -0.2) is 0 Å². The molecule has 3 nitrogen and oxygen atoms in total. The maximum atomic E-state index is 11.6. The fourth-order valence-electron chi connectivity index (χ4n) is 0.988. The molecule has 0 aromatic heterocycles.